The number of hydrogen-bond donors (Lipinski definition) is 0. The van der Waals surface area contributed by atoms with E-state index in [2.05, 4.69) is 11.9 Å². The van der Waals surface area contributed by atoms with Crippen LogP contribution in [0.25, 0.3) is 0 Å². The molecule has 0 fully saturated rings. The van der Waals surface area contributed by atoms with Crippen molar-refractivity contribution in [2.24, 2.45) is 4.99 Å². The highest BCUT2D eigenvalue weighted by Crippen LogP contribution is 2.08. The summed E-state index contributed by atoms with van der Waals surface area (Å²) in [6.07, 6.45) is 6.65. The third kappa shape index (κ3) is 1.72. The molecule has 0 N–H and O–H groups in total. The van der Waals surface area contributed by atoms with Gasteiger partial charge in [-0.2, -0.15) is 0 Å². The Balaban J connectivity index is 2.69. The second-order valence-corrected chi connectivity index (χ2v) is 2.24. The molecule has 0 aliphatic carbocycles. The smallest absolute Gasteiger partial charge is 0.209 e. The van der Waals surface area contributed by atoms with Gasteiger partial charge < -0.3 is 4.74 Å². The first-order chi connectivity index (χ1) is 4.83. The average Bonchev–Trinajstić information content (AvgIpc) is 2.14. The Morgan fingerprint density at radius 1 is 1.60 bits per heavy atom. The minimum Gasteiger partial charge on any atom is -0.481 e. The molecule has 0 aromatic carbocycles. The topological polar surface area (TPSA) is 21.6 Å². The van der Waals surface area contributed by atoms with Crippen LogP contribution in [-0.4, -0.2) is 13.3 Å². The summed E-state index contributed by atoms with van der Waals surface area (Å²) in [6, 6.07) is 0. The highest BCUT2D eigenvalue weighted by Gasteiger charge is 1.94. The molecule has 2 heteroatoms. The molecule has 1 aliphatic rings. The standard InChI is InChI=1S/C8H11NO/c1-7-3-4-8(10-2)9-6-5-7/h4-6H,3H2,1-2H3. The van der Waals surface area contributed by atoms with Crippen LogP contribution >= 0.6 is 0 Å². The summed E-state index contributed by atoms with van der Waals surface area (Å²) in [5.41, 5.74) is 1.30. The molecule has 0 atom stereocenters. The summed E-state index contributed by atoms with van der Waals surface area (Å²) < 4.78 is 4.95. The Labute approximate surface area is 60.9 Å². The quantitative estimate of drug-likeness (QED) is 0.541. The average molecular weight is 137 g/mol. The van der Waals surface area contributed by atoms with Crippen LogP contribution in [0.5, 0.6) is 0 Å². The van der Waals surface area contributed by atoms with E-state index in [9.17, 15) is 0 Å². The summed E-state index contributed by atoms with van der Waals surface area (Å²) in [4.78, 5) is 4.03. The van der Waals surface area contributed by atoms with Gasteiger partial charge in [-0.25, -0.2) is 4.99 Å². The van der Waals surface area contributed by atoms with Crippen molar-refractivity contribution in [2.45, 2.75) is 13.3 Å². The van der Waals surface area contributed by atoms with Gasteiger partial charge in [0, 0.05) is 6.21 Å². The van der Waals surface area contributed by atoms with Gasteiger partial charge in [0.05, 0.1) is 7.11 Å². The van der Waals surface area contributed by atoms with Crippen LogP contribution in [0.4, 0.5) is 0 Å². The lowest BCUT2D eigenvalue weighted by atomic mass is 10.2. The summed E-state index contributed by atoms with van der Waals surface area (Å²) in [6.45, 7) is 2.07. The normalized spacial score (nSPS) is 17.4. The van der Waals surface area contributed by atoms with E-state index in [0.717, 1.165) is 6.42 Å². The SMILES string of the molecule is COC1=CCC(C)=CC=N1. The molecule has 0 aromatic rings. The third-order valence-electron chi connectivity index (χ3n) is 1.37. The minimum absolute atomic E-state index is 0.702. The maximum absolute atomic E-state index is 4.95. The van der Waals surface area contributed by atoms with Crippen molar-refractivity contribution < 1.29 is 4.74 Å². The van der Waals surface area contributed by atoms with Crippen molar-refractivity contribution in [3.8, 4) is 0 Å². The van der Waals surface area contributed by atoms with Gasteiger partial charge in [0.25, 0.3) is 0 Å². The van der Waals surface area contributed by atoms with Crippen LogP contribution in [0.3, 0.4) is 0 Å². The summed E-state index contributed by atoms with van der Waals surface area (Å²) in [5.74, 6) is 0.702. The Morgan fingerprint density at radius 3 is 3.10 bits per heavy atom. The molecule has 54 valence electrons. The van der Waals surface area contributed by atoms with E-state index in [1.165, 1.54) is 5.57 Å². The molecular formula is C8H11NO. The molecule has 0 radical (unpaired) electrons. The molecule has 1 heterocycles. The van der Waals surface area contributed by atoms with Crippen molar-refractivity contribution in [1.82, 2.24) is 0 Å². The molecular weight excluding hydrogens is 126 g/mol. The molecule has 0 saturated carbocycles. The fourth-order valence-corrected chi connectivity index (χ4v) is 0.743. The fraction of sp³-hybridized carbons (Fsp3) is 0.375. The molecule has 0 bridgehead atoms. The Bertz CT molecular complexity index is 201. The lowest BCUT2D eigenvalue weighted by Gasteiger charge is -1.95. The first-order valence-electron chi connectivity index (χ1n) is 3.27. The Morgan fingerprint density at radius 2 is 2.40 bits per heavy atom. The molecule has 1 rings (SSSR count). The number of aliphatic imine (C=N–C) groups is 1. The number of rotatable bonds is 1. The molecule has 0 saturated heterocycles. The van der Waals surface area contributed by atoms with E-state index < -0.39 is 0 Å². The lowest BCUT2D eigenvalue weighted by molar-refractivity contribution is 0.288. The van der Waals surface area contributed by atoms with Gasteiger partial charge >= 0.3 is 0 Å². The van der Waals surface area contributed by atoms with Gasteiger partial charge in [-0.05, 0) is 25.5 Å². The van der Waals surface area contributed by atoms with Crippen molar-refractivity contribution in [3.63, 3.8) is 0 Å². The summed E-state index contributed by atoms with van der Waals surface area (Å²) >= 11 is 0. The maximum atomic E-state index is 4.95. The van der Waals surface area contributed by atoms with Gasteiger partial charge in [-0.1, -0.05) is 5.57 Å². The fourth-order valence-electron chi connectivity index (χ4n) is 0.743. The van der Waals surface area contributed by atoms with Crippen molar-refractivity contribution in [2.75, 3.05) is 7.11 Å². The van der Waals surface area contributed by atoms with Gasteiger partial charge in [-0.15, -0.1) is 0 Å². The third-order valence-corrected chi connectivity index (χ3v) is 1.37. The van der Waals surface area contributed by atoms with Crippen molar-refractivity contribution in [3.05, 3.63) is 23.6 Å². The predicted molar refractivity (Wildman–Crippen MR) is 42.0 cm³/mol. The monoisotopic (exact) mass is 137 g/mol. The zero-order valence-electron chi connectivity index (χ0n) is 6.29. The van der Waals surface area contributed by atoms with E-state index in [4.69, 9.17) is 4.74 Å². The van der Waals surface area contributed by atoms with E-state index in [1.807, 2.05) is 12.2 Å². The van der Waals surface area contributed by atoms with Crippen LogP contribution in [0.15, 0.2) is 28.6 Å². The van der Waals surface area contributed by atoms with E-state index >= 15 is 0 Å². The molecule has 1 aliphatic heterocycles. The number of ether oxygens (including phenoxy) is 1. The number of methoxy groups -OCH3 is 1. The minimum atomic E-state index is 0.702. The Hall–Kier alpha value is -1.05. The number of hydrogen-bond acceptors (Lipinski definition) is 2. The molecule has 0 spiro atoms. The largest absolute Gasteiger partial charge is 0.481 e. The van der Waals surface area contributed by atoms with Gasteiger partial charge in [0.1, 0.15) is 0 Å². The summed E-state index contributed by atoms with van der Waals surface area (Å²) in [5, 5.41) is 0. The summed E-state index contributed by atoms with van der Waals surface area (Å²) in [7, 11) is 1.63. The van der Waals surface area contributed by atoms with Crippen LogP contribution < -0.4 is 0 Å². The number of allylic oxidation sites excluding steroid dienone is 3. The van der Waals surface area contributed by atoms with E-state index in [-0.39, 0.29) is 0 Å². The van der Waals surface area contributed by atoms with E-state index in [1.54, 1.807) is 13.3 Å². The predicted octanol–water partition coefficient (Wildman–Crippen LogP) is 1.90. The molecule has 0 aromatic heterocycles. The van der Waals surface area contributed by atoms with Gasteiger partial charge in [0.2, 0.25) is 5.88 Å². The van der Waals surface area contributed by atoms with Crippen LogP contribution in [0.1, 0.15) is 13.3 Å². The Kier molecular flexibility index (Phi) is 2.26. The second kappa shape index (κ2) is 3.20. The second-order valence-electron chi connectivity index (χ2n) is 2.24. The zero-order valence-corrected chi connectivity index (χ0v) is 6.29. The van der Waals surface area contributed by atoms with E-state index in [0.29, 0.717) is 5.88 Å². The lowest BCUT2D eigenvalue weighted by Crippen LogP contribution is -1.80. The maximum Gasteiger partial charge on any atom is 0.209 e. The molecule has 2 nitrogen and oxygen atoms in total. The van der Waals surface area contributed by atoms with Crippen LogP contribution in [0.2, 0.25) is 0 Å². The first-order valence-corrected chi connectivity index (χ1v) is 3.27. The van der Waals surface area contributed by atoms with Crippen LogP contribution in [-0.2, 0) is 4.74 Å². The van der Waals surface area contributed by atoms with Gasteiger partial charge in [0.15, 0.2) is 0 Å². The highest BCUT2D eigenvalue weighted by molar-refractivity contribution is 5.73. The van der Waals surface area contributed by atoms with Crippen molar-refractivity contribution >= 4 is 6.21 Å². The zero-order chi connectivity index (χ0) is 7.40. The molecule has 10 heavy (non-hydrogen) atoms. The molecule has 0 amide bonds. The number of nitrogens with zero attached hydrogens (tertiary/aromatic N) is 1. The highest BCUT2D eigenvalue weighted by atomic mass is 16.5. The van der Waals surface area contributed by atoms with Gasteiger partial charge in [-0.3, -0.25) is 0 Å². The first kappa shape index (κ1) is 7.06. The van der Waals surface area contributed by atoms with Crippen LogP contribution in [0, 0.1) is 0 Å². The molecule has 0 unspecified atom stereocenters. The van der Waals surface area contributed by atoms with Crippen molar-refractivity contribution in [1.29, 1.82) is 0 Å².